The topological polar surface area (TPSA) is 75.1 Å². The van der Waals surface area contributed by atoms with Gasteiger partial charge in [0, 0.05) is 12.6 Å². The predicted octanol–water partition coefficient (Wildman–Crippen LogP) is 0.367. The van der Waals surface area contributed by atoms with Crippen molar-refractivity contribution in [3.63, 3.8) is 0 Å². The van der Waals surface area contributed by atoms with E-state index in [1.165, 1.54) is 12.4 Å². The monoisotopic (exact) mass is 209 g/mol. The van der Waals surface area contributed by atoms with Crippen LogP contribution >= 0.6 is 0 Å². The van der Waals surface area contributed by atoms with Crippen molar-refractivity contribution < 1.29 is 9.90 Å². The molecule has 1 atom stereocenters. The number of aromatic nitrogens is 2. The summed E-state index contributed by atoms with van der Waals surface area (Å²) in [5, 5.41) is 18.7. The van der Waals surface area contributed by atoms with Crippen molar-refractivity contribution in [2.75, 3.05) is 6.61 Å². The van der Waals surface area contributed by atoms with Crippen LogP contribution in [0.5, 0.6) is 0 Å². The fraction of sp³-hybridized carbons (Fsp3) is 0.500. The quantitative estimate of drug-likeness (QED) is 0.734. The van der Waals surface area contributed by atoms with E-state index in [9.17, 15) is 4.79 Å². The number of hydrogen-bond donors (Lipinski definition) is 2. The van der Waals surface area contributed by atoms with Crippen LogP contribution < -0.4 is 5.32 Å². The normalized spacial score (nSPS) is 12.1. The molecule has 0 aliphatic rings. The SMILES string of the molecule is CC(CCCO)NC(=O)c1ccnnc1. The van der Waals surface area contributed by atoms with Gasteiger partial charge in [-0.25, -0.2) is 0 Å². The third kappa shape index (κ3) is 4.03. The highest BCUT2D eigenvalue weighted by Crippen LogP contribution is 1.99. The number of rotatable bonds is 5. The minimum Gasteiger partial charge on any atom is -0.396 e. The summed E-state index contributed by atoms with van der Waals surface area (Å²) < 4.78 is 0. The first-order valence-electron chi connectivity index (χ1n) is 4.92. The molecule has 0 aromatic carbocycles. The summed E-state index contributed by atoms with van der Waals surface area (Å²) in [6, 6.07) is 1.67. The molecule has 82 valence electrons. The number of nitrogens with zero attached hydrogens (tertiary/aromatic N) is 2. The Hall–Kier alpha value is -1.49. The molecule has 0 fully saturated rings. The Bertz CT molecular complexity index is 303. The predicted molar refractivity (Wildman–Crippen MR) is 55.3 cm³/mol. The number of carbonyl (C=O) groups is 1. The molecule has 1 aromatic rings. The maximum Gasteiger partial charge on any atom is 0.253 e. The lowest BCUT2D eigenvalue weighted by molar-refractivity contribution is 0.0936. The fourth-order valence-corrected chi connectivity index (χ4v) is 1.20. The molecule has 0 spiro atoms. The van der Waals surface area contributed by atoms with Gasteiger partial charge in [-0.05, 0) is 25.8 Å². The van der Waals surface area contributed by atoms with Crippen LogP contribution in [0.4, 0.5) is 0 Å². The van der Waals surface area contributed by atoms with Crippen LogP contribution in [-0.2, 0) is 0 Å². The lowest BCUT2D eigenvalue weighted by Crippen LogP contribution is -2.32. The second kappa shape index (κ2) is 6.08. The molecule has 0 aliphatic heterocycles. The van der Waals surface area contributed by atoms with E-state index in [2.05, 4.69) is 15.5 Å². The van der Waals surface area contributed by atoms with Gasteiger partial charge in [-0.2, -0.15) is 10.2 Å². The second-order valence-corrected chi connectivity index (χ2v) is 3.37. The van der Waals surface area contributed by atoms with E-state index < -0.39 is 0 Å². The number of aliphatic hydroxyl groups excluding tert-OH is 1. The van der Waals surface area contributed by atoms with Gasteiger partial charge in [0.25, 0.3) is 5.91 Å². The van der Waals surface area contributed by atoms with E-state index >= 15 is 0 Å². The highest BCUT2D eigenvalue weighted by molar-refractivity contribution is 5.93. The number of amides is 1. The molecule has 5 heteroatoms. The maximum atomic E-state index is 11.6. The van der Waals surface area contributed by atoms with Crippen LogP contribution in [0.3, 0.4) is 0 Å². The lowest BCUT2D eigenvalue weighted by atomic mass is 10.2. The smallest absolute Gasteiger partial charge is 0.253 e. The Kier molecular flexibility index (Phi) is 4.70. The molecule has 1 amide bonds. The molecular formula is C10H15N3O2. The molecule has 0 saturated heterocycles. The van der Waals surface area contributed by atoms with Crippen molar-refractivity contribution >= 4 is 5.91 Å². The largest absolute Gasteiger partial charge is 0.396 e. The zero-order valence-corrected chi connectivity index (χ0v) is 8.68. The average Bonchev–Trinajstić information content (AvgIpc) is 2.27. The highest BCUT2D eigenvalue weighted by Gasteiger charge is 2.08. The molecule has 2 N–H and O–H groups in total. The van der Waals surface area contributed by atoms with Gasteiger partial charge in [0.2, 0.25) is 0 Å². The molecule has 1 unspecified atom stereocenters. The Balaban J connectivity index is 2.42. The Labute approximate surface area is 88.5 Å². The van der Waals surface area contributed by atoms with Gasteiger partial charge in [-0.3, -0.25) is 4.79 Å². The third-order valence-electron chi connectivity index (χ3n) is 2.02. The van der Waals surface area contributed by atoms with Gasteiger partial charge >= 0.3 is 0 Å². The van der Waals surface area contributed by atoms with Crippen molar-refractivity contribution in [2.45, 2.75) is 25.8 Å². The van der Waals surface area contributed by atoms with E-state index in [0.29, 0.717) is 12.0 Å². The summed E-state index contributed by atoms with van der Waals surface area (Å²) in [5.74, 6) is -0.157. The van der Waals surface area contributed by atoms with Crippen LogP contribution in [0.2, 0.25) is 0 Å². The van der Waals surface area contributed by atoms with Crippen molar-refractivity contribution in [3.05, 3.63) is 24.0 Å². The standard InChI is InChI=1S/C10H15N3O2/c1-8(3-2-6-14)13-10(15)9-4-5-11-12-7-9/h4-5,7-8,14H,2-3,6H2,1H3,(H,13,15). The van der Waals surface area contributed by atoms with E-state index in [1.807, 2.05) is 6.92 Å². The zero-order chi connectivity index (χ0) is 11.1. The van der Waals surface area contributed by atoms with Crippen molar-refractivity contribution in [3.8, 4) is 0 Å². The fourth-order valence-electron chi connectivity index (χ4n) is 1.20. The van der Waals surface area contributed by atoms with Crippen molar-refractivity contribution in [1.82, 2.24) is 15.5 Å². The summed E-state index contributed by atoms with van der Waals surface area (Å²) in [7, 11) is 0. The number of nitrogens with one attached hydrogen (secondary N) is 1. The van der Waals surface area contributed by atoms with Crippen LogP contribution in [0.15, 0.2) is 18.5 Å². The Morgan fingerprint density at radius 1 is 1.60 bits per heavy atom. The van der Waals surface area contributed by atoms with Gasteiger partial charge in [0.05, 0.1) is 18.0 Å². The molecule has 5 nitrogen and oxygen atoms in total. The van der Waals surface area contributed by atoms with E-state index in [0.717, 1.165) is 6.42 Å². The zero-order valence-electron chi connectivity index (χ0n) is 8.68. The van der Waals surface area contributed by atoms with Gasteiger partial charge in [-0.15, -0.1) is 0 Å². The average molecular weight is 209 g/mol. The molecular weight excluding hydrogens is 194 g/mol. The van der Waals surface area contributed by atoms with Gasteiger partial charge in [0.15, 0.2) is 0 Å². The molecule has 15 heavy (non-hydrogen) atoms. The maximum absolute atomic E-state index is 11.6. The van der Waals surface area contributed by atoms with E-state index in [-0.39, 0.29) is 18.6 Å². The molecule has 0 bridgehead atoms. The number of carbonyl (C=O) groups excluding carboxylic acids is 1. The highest BCUT2D eigenvalue weighted by atomic mass is 16.2. The number of aliphatic hydroxyl groups is 1. The van der Waals surface area contributed by atoms with Crippen LogP contribution in [0, 0.1) is 0 Å². The summed E-state index contributed by atoms with van der Waals surface area (Å²) in [6.07, 6.45) is 4.36. The van der Waals surface area contributed by atoms with E-state index in [4.69, 9.17) is 5.11 Å². The lowest BCUT2D eigenvalue weighted by Gasteiger charge is -2.12. The molecule has 0 aliphatic carbocycles. The van der Waals surface area contributed by atoms with Gasteiger partial charge in [-0.1, -0.05) is 0 Å². The van der Waals surface area contributed by atoms with Crippen molar-refractivity contribution in [2.24, 2.45) is 0 Å². The van der Waals surface area contributed by atoms with Crippen LogP contribution in [0.1, 0.15) is 30.1 Å². The van der Waals surface area contributed by atoms with E-state index in [1.54, 1.807) is 6.07 Å². The summed E-state index contributed by atoms with van der Waals surface area (Å²) >= 11 is 0. The molecule has 0 saturated carbocycles. The van der Waals surface area contributed by atoms with Gasteiger partial charge < -0.3 is 10.4 Å². The van der Waals surface area contributed by atoms with Gasteiger partial charge in [0.1, 0.15) is 0 Å². The van der Waals surface area contributed by atoms with Crippen molar-refractivity contribution in [1.29, 1.82) is 0 Å². The first-order chi connectivity index (χ1) is 7.24. The Morgan fingerprint density at radius 3 is 3.00 bits per heavy atom. The van der Waals surface area contributed by atoms with Crippen LogP contribution in [0.25, 0.3) is 0 Å². The minimum atomic E-state index is -0.157. The van der Waals surface area contributed by atoms with Crippen LogP contribution in [-0.4, -0.2) is 33.9 Å². The first-order valence-corrected chi connectivity index (χ1v) is 4.92. The molecule has 1 rings (SSSR count). The Morgan fingerprint density at radius 2 is 2.40 bits per heavy atom. The molecule has 1 heterocycles. The number of hydrogen-bond acceptors (Lipinski definition) is 4. The second-order valence-electron chi connectivity index (χ2n) is 3.37. The summed E-state index contributed by atoms with van der Waals surface area (Å²) in [4.78, 5) is 11.6. The minimum absolute atomic E-state index is 0.0535. The molecule has 0 radical (unpaired) electrons. The molecule has 1 aromatic heterocycles. The summed E-state index contributed by atoms with van der Waals surface area (Å²) in [6.45, 7) is 2.05. The summed E-state index contributed by atoms with van der Waals surface area (Å²) in [5.41, 5.74) is 0.501. The first kappa shape index (κ1) is 11.6. The third-order valence-corrected chi connectivity index (χ3v) is 2.02.